The first-order valence-corrected chi connectivity index (χ1v) is 8.40. The van der Waals surface area contributed by atoms with Crippen LogP contribution in [0.25, 0.3) is 11.0 Å². The van der Waals surface area contributed by atoms with Gasteiger partial charge in [-0.25, -0.2) is 4.98 Å². The van der Waals surface area contributed by atoms with Crippen molar-refractivity contribution in [2.75, 3.05) is 19.0 Å². The van der Waals surface area contributed by atoms with Crippen molar-refractivity contribution in [2.45, 2.75) is 45.7 Å². The number of nitrogens with one attached hydrogen (secondary N) is 1. The van der Waals surface area contributed by atoms with Crippen molar-refractivity contribution in [3.05, 3.63) is 34.6 Å². The van der Waals surface area contributed by atoms with Crippen molar-refractivity contribution in [3.63, 3.8) is 0 Å². The third kappa shape index (κ3) is 4.13. The molecule has 0 bridgehead atoms. The molecule has 6 nitrogen and oxygen atoms in total. The van der Waals surface area contributed by atoms with Gasteiger partial charge in [-0.1, -0.05) is 25.5 Å². The summed E-state index contributed by atoms with van der Waals surface area (Å²) in [7, 11) is 3.59. The van der Waals surface area contributed by atoms with Gasteiger partial charge in [0.15, 0.2) is 5.82 Å². The lowest BCUT2D eigenvalue weighted by Crippen LogP contribution is -2.34. The first kappa shape index (κ1) is 18.0. The quantitative estimate of drug-likeness (QED) is 0.845. The Balaban J connectivity index is 2.26. The Hall–Kier alpha value is -2.37. The predicted molar refractivity (Wildman–Crippen MR) is 97.5 cm³/mol. The lowest BCUT2D eigenvalue weighted by atomic mass is 10.2. The van der Waals surface area contributed by atoms with Crippen molar-refractivity contribution in [3.8, 4) is 0 Å². The van der Waals surface area contributed by atoms with Crippen LogP contribution in [0.2, 0.25) is 0 Å². The third-order valence-corrected chi connectivity index (χ3v) is 3.95. The largest absolute Gasteiger partial charge is 0.358 e. The van der Waals surface area contributed by atoms with E-state index in [-0.39, 0.29) is 23.9 Å². The van der Waals surface area contributed by atoms with E-state index in [4.69, 9.17) is 0 Å². The molecule has 0 fully saturated rings. The molecule has 1 N–H and O–H groups in total. The molecule has 1 aromatic carbocycles. The highest BCUT2D eigenvalue weighted by Crippen LogP contribution is 2.13. The summed E-state index contributed by atoms with van der Waals surface area (Å²) in [5.74, 6) is 0.351. The zero-order valence-corrected chi connectivity index (χ0v) is 14.9. The summed E-state index contributed by atoms with van der Waals surface area (Å²) in [5, 5.41) is 2.98. The second-order valence-corrected chi connectivity index (χ2v) is 6.28. The standard InChI is InChI=1S/C18H26N4O2/c1-5-8-13(2)19-16(23)11-12-22-15-10-7-6-9-14(15)20-17(18(22)24)21(3)4/h6-7,9-10,13H,5,8,11-12H2,1-4H3,(H,19,23). The molecule has 130 valence electrons. The minimum Gasteiger partial charge on any atom is -0.358 e. The van der Waals surface area contributed by atoms with E-state index < -0.39 is 0 Å². The summed E-state index contributed by atoms with van der Waals surface area (Å²) in [6.07, 6.45) is 2.26. The molecule has 0 aliphatic carbocycles. The smallest absolute Gasteiger partial charge is 0.293 e. The SMILES string of the molecule is CCCC(C)NC(=O)CCn1c(=O)c(N(C)C)nc2ccccc21. The molecule has 2 aromatic rings. The van der Waals surface area contributed by atoms with Crippen molar-refractivity contribution in [2.24, 2.45) is 0 Å². The minimum atomic E-state index is -0.173. The summed E-state index contributed by atoms with van der Waals surface area (Å²) >= 11 is 0. The van der Waals surface area contributed by atoms with Gasteiger partial charge in [0.05, 0.1) is 11.0 Å². The van der Waals surface area contributed by atoms with Crippen molar-refractivity contribution in [1.29, 1.82) is 0 Å². The first-order valence-electron chi connectivity index (χ1n) is 8.40. The van der Waals surface area contributed by atoms with Gasteiger partial charge in [0.25, 0.3) is 5.56 Å². The molecule has 0 saturated carbocycles. The van der Waals surface area contributed by atoms with Crippen molar-refractivity contribution in [1.82, 2.24) is 14.9 Å². The molecule has 1 heterocycles. The molecule has 6 heteroatoms. The molecule has 1 atom stereocenters. The summed E-state index contributed by atoms with van der Waals surface area (Å²) in [4.78, 5) is 30.9. The molecule has 0 aliphatic heterocycles. The number of anilines is 1. The van der Waals surface area contributed by atoms with Crippen LogP contribution < -0.4 is 15.8 Å². The topological polar surface area (TPSA) is 67.2 Å². The number of hydrogen-bond acceptors (Lipinski definition) is 4. The number of benzene rings is 1. The maximum absolute atomic E-state index is 12.7. The Morgan fingerprint density at radius 1 is 1.33 bits per heavy atom. The van der Waals surface area contributed by atoms with Gasteiger partial charge in [-0.05, 0) is 25.5 Å². The van der Waals surface area contributed by atoms with Crippen LogP contribution in [0.4, 0.5) is 5.82 Å². The number of carbonyl (C=O) groups excluding carboxylic acids is 1. The normalized spacial score (nSPS) is 12.2. The fourth-order valence-electron chi connectivity index (χ4n) is 2.76. The summed E-state index contributed by atoms with van der Waals surface area (Å²) in [5.41, 5.74) is 1.33. The zero-order valence-electron chi connectivity index (χ0n) is 14.9. The lowest BCUT2D eigenvalue weighted by Gasteiger charge is -2.17. The number of aryl methyl sites for hydroxylation is 1. The van der Waals surface area contributed by atoms with Crippen molar-refractivity contribution < 1.29 is 4.79 Å². The summed E-state index contributed by atoms with van der Waals surface area (Å²) in [6.45, 7) is 4.43. The monoisotopic (exact) mass is 330 g/mol. The van der Waals surface area contributed by atoms with Gasteiger partial charge in [-0.2, -0.15) is 0 Å². The number of amides is 1. The molecule has 0 radical (unpaired) electrons. The van der Waals surface area contributed by atoms with E-state index in [1.54, 1.807) is 23.6 Å². The third-order valence-electron chi connectivity index (χ3n) is 3.95. The molecule has 1 amide bonds. The van der Waals surface area contributed by atoms with Gasteiger partial charge in [-0.15, -0.1) is 0 Å². The van der Waals surface area contributed by atoms with Crippen LogP contribution in [-0.2, 0) is 11.3 Å². The molecular weight excluding hydrogens is 304 g/mol. The number of aromatic nitrogens is 2. The van der Waals surface area contributed by atoms with Crippen LogP contribution in [0.1, 0.15) is 33.1 Å². The van der Waals surface area contributed by atoms with E-state index in [2.05, 4.69) is 17.2 Å². The molecule has 0 saturated heterocycles. The fourth-order valence-corrected chi connectivity index (χ4v) is 2.76. The predicted octanol–water partition coefficient (Wildman–Crippen LogP) is 2.16. The second kappa shape index (κ2) is 7.95. The molecule has 0 spiro atoms. The number of nitrogens with zero attached hydrogens (tertiary/aromatic N) is 3. The van der Waals surface area contributed by atoms with E-state index in [9.17, 15) is 9.59 Å². The maximum atomic E-state index is 12.7. The highest BCUT2D eigenvalue weighted by molar-refractivity contribution is 5.78. The van der Waals surface area contributed by atoms with E-state index in [1.807, 2.05) is 31.2 Å². The number of carbonyl (C=O) groups is 1. The number of rotatable bonds is 7. The van der Waals surface area contributed by atoms with Gasteiger partial charge in [0, 0.05) is 33.1 Å². The number of hydrogen-bond donors (Lipinski definition) is 1. The highest BCUT2D eigenvalue weighted by atomic mass is 16.2. The van der Waals surface area contributed by atoms with E-state index in [1.165, 1.54) is 0 Å². The first-order chi connectivity index (χ1) is 11.4. The summed E-state index contributed by atoms with van der Waals surface area (Å²) < 4.78 is 1.64. The van der Waals surface area contributed by atoms with Crippen LogP contribution in [0.5, 0.6) is 0 Å². The van der Waals surface area contributed by atoms with Gasteiger partial charge < -0.3 is 14.8 Å². The fraction of sp³-hybridized carbons (Fsp3) is 0.500. The van der Waals surface area contributed by atoms with Crippen LogP contribution in [0.15, 0.2) is 29.1 Å². The molecular formula is C18H26N4O2. The molecule has 1 unspecified atom stereocenters. The Morgan fingerprint density at radius 2 is 2.04 bits per heavy atom. The minimum absolute atomic E-state index is 0.0323. The second-order valence-electron chi connectivity index (χ2n) is 6.28. The van der Waals surface area contributed by atoms with Gasteiger partial charge >= 0.3 is 0 Å². The number of fused-ring (bicyclic) bond motifs is 1. The van der Waals surface area contributed by atoms with Gasteiger partial charge in [0.2, 0.25) is 5.91 Å². The van der Waals surface area contributed by atoms with Crippen molar-refractivity contribution >= 4 is 22.8 Å². The zero-order chi connectivity index (χ0) is 17.7. The van der Waals surface area contributed by atoms with E-state index >= 15 is 0 Å². The average Bonchev–Trinajstić information content (AvgIpc) is 2.53. The highest BCUT2D eigenvalue weighted by Gasteiger charge is 2.14. The van der Waals surface area contributed by atoms with Crippen LogP contribution in [0.3, 0.4) is 0 Å². The Kier molecular flexibility index (Phi) is 5.95. The van der Waals surface area contributed by atoms with Gasteiger partial charge in [-0.3, -0.25) is 9.59 Å². The molecule has 1 aromatic heterocycles. The van der Waals surface area contributed by atoms with Gasteiger partial charge in [0.1, 0.15) is 0 Å². The van der Waals surface area contributed by atoms with E-state index in [0.717, 1.165) is 23.9 Å². The summed E-state index contributed by atoms with van der Waals surface area (Å²) in [6, 6.07) is 7.66. The van der Waals surface area contributed by atoms with Crippen LogP contribution >= 0.6 is 0 Å². The van der Waals surface area contributed by atoms with Crippen LogP contribution in [0, 0.1) is 0 Å². The maximum Gasteiger partial charge on any atom is 0.293 e. The Labute approximate surface area is 142 Å². The lowest BCUT2D eigenvalue weighted by molar-refractivity contribution is -0.121. The Morgan fingerprint density at radius 3 is 2.71 bits per heavy atom. The molecule has 0 aliphatic rings. The molecule has 2 rings (SSSR count). The van der Waals surface area contributed by atoms with E-state index in [0.29, 0.717) is 12.4 Å². The van der Waals surface area contributed by atoms with Crippen LogP contribution in [-0.4, -0.2) is 35.6 Å². The molecule has 24 heavy (non-hydrogen) atoms. The average molecular weight is 330 g/mol. The Bertz CT molecular complexity index is 767. The number of para-hydroxylation sites is 2.